The summed E-state index contributed by atoms with van der Waals surface area (Å²) in [4.78, 5) is 40.7. The van der Waals surface area contributed by atoms with E-state index in [2.05, 4.69) is 22.6 Å². The molecular weight excluding hydrogens is 459 g/mol. The van der Waals surface area contributed by atoms with Crippen molar-refractivity contribution in [2.45, 2.75) is 0 Å². The number of rotatable bonds is 4. The largest absolute Gasteiger partial charge is 0.459 e. The average Bonchev–Trinajstić information content (AvgIpc) is 3.30. The highest BCUT2D eigenvalue weighted by Crippen LogP contribution is 2.26. The van der Waals surface area contributed by atoms with E-state index in [1.165, 1.54) is 11.2 Å². The zero-order valence-electron chi connectivity index (χ0n) is 14.0. The molecule has 3 aromatic rings. The van der Waals surface area contributed by atoms with E-state index in [9.17, 15) is 14.4 Å². The number of halogens is 1. The Labute approximate surface area is 168 Å². The van der Waals surface area contributed by atoms with E-state index in [-0.39, 0.29) is 12.4 Å². The van der Waals surface area contributed by atoms with Gasteiger partial charge in [-0.25, -0.2) is 0 Å². The van der Waals surface area contributed by atoms with E-state index in [4.69, 9.17) is 4.42 Å². The molecule has 0 fully saturated rings. The summed E-state index contributed by atoms with van der Waals surface area (Å²) in [5, 5.41) is 0. The number of fused-ring (bicyclic) bond motifs is 1. The average molecular weight is 472 g/mol. The Morgan fingerprint density at radius 2 is 1.56 bits per heavy atom. The fourth-order valence-corrected chi connectivity index (χ4v) is 3.29. The lowest BCUT2D eigenvalue weighted by Gasteiger charge is -2.26. The Morgan fingerprint density at radius 3 is 2.11 bits per heavy atom. The lowest BCUT2D eigenvalue weighted by atomic mass is 10.1. The van der Waals surface area contributed by atoms with Gasteiger partial charge in [-0.05, 0) is 71.1 Å². The summed E-state index contributed by atoms with van der Waals surface area (Å²) in [5.41, 5.74) is 1.25. The SMILES string of the molecule is O=C1c2ccccc2C(=O)N1CN(C(=O)c1ccco1)c1ccc(I)cc1. The first-order valence-corrected chi connectivity index (χ1v) is 9.20. The van der Waals surface area contributed by atoms with Gasteiger partial charge in [-0.1, -0.05) is 12.1 Å². The number of amides is 3. The molecule has 2 heterocycles. The fraction of sp³-hybridized carbons (Fsp3) is 0.0500. The Kier molecular flexibility index (Phi) is 4.53. The normalized spacial score (nSPS) is 13.0. The van der Waals surface area contributed by atoms with E-state index in [0.29, 0.717) is 16.8 Å². The molecular formula is C20H13IN2O4. The molecule has 0 radical (unpaired) electrons. The van der Waals surface area contributed by atoms with Crippen molar-refractivity contribution in [3.63, 3.8) is 0 Å². The molecule has 0 atom stereocenters. The van der Waals surface area contributed by atoms with Crippen LogP contribution in [-0.4, -0.2) is 29.3 Å². The summed E-state index contributed by atoms with van der Waals surface area (Å²) in [6.07, 6.45) is 1.40. The number of hydrogen-bond donors (Lipinski definition) is 0. The van der Waals surface area contributed by atoms with Crippen LogP contribution >= 0.6 is 22.6 Å². The van der Waals surface area contributed by atoms with Gasteiger partial charge in [-0.2, -0.15) is 0 Å². The van der Waals surface area contributed by atoms with E-state index >= 15 is 0 Å². The highest BCUT2D eigenvalue weighted by Gasteiger charge is 2.37. The molecule has 6 nitrogen and oxygen atoms in total. The van der Waals surface area contributed by atoms with Gasteiger partial charge in [0.2, 0.25) is 0 Å². The van der Waals surface area contributed by atoms with Crippen molar-refractivity contribution in [1.29, 1.82) is 0 Å². The Balaban J connectivity index is 1.70. The first-order valence-electron chi connectivity index (χ1n) is 8.12. The number of imide groups is 1. The van der Waals surface area contributed by atoms with Crippen molar-refractivity contribution in [2.24, 2.45) is 0 Å². The van der Waals surface area contributed by atoms with Crippen LogP contribution in [0.1, 0.15) is 31.3 Å². The molecule has 134 valence electrons. The summed E-state index contributed by atoms with van der Waals surface area (Å²) in [6.45, 7) is -0.202. The van der Waals surface area contributed by atoms with Gasteiger partial charge >= 0.3 is 0 Å². The molecule has 4 rings (SSSR count). The van der Waals surface area contributed by atoms with Gasteiger partial charge in [0.05, 0.1) is 17.4 Å². The molecule has 0 spiro atoms. The van der Waals surface area contributed by atoms with Crippen LogP contribution in [-0.2, 0) is 0 Å². The van der Waals surface area contributed by atoms with E-state index in [1.807, 2.05) is 12.1 Å². The standard InChI is InChI=1S/C20H13IN2O4/c21-13-7-9-14(10-8-13)22(20(26)17-6-3-11-27-17)12-23-18(24)15-4-1-2-5-16(15)19(23)25/h1-11H,12H2. The maximum atomic E-state index is 12.9. The van der Waals surface area contributed by atoms with Crippen LogP contribution in [0.25, 0.3) is 0 Å². The van der Waals surface area contributed by atoms with Crippen molar-refractivity contribution < 1.29 is 18.8 Å². The highest BCUT2D eigenvalue weighted by molar-refractivity contribution is 14.1. The number of carbonyl (C=O) groups is 3. The summed E-state index contributed by atoms with van der Waals surface area (Å²) in [5.74, 6) is -1.14. The molecule has 1 aliphatic rings. The molecule has 3 amide bonds. The second-order valence-corrected chi connectivity index (χ2v) is 7.16. The van der Waals surface area contributed by atoms with E-state index in [1.54, 1.807) is 48.5 Å². The molecule has 0 saturated carbocycles. The van der Waals surface area contributed by atoms with Crippen molar-refractivity contribution in [3.05, 3.63) is 87.4 Å². The van der Waals surface area contributed by atoms with Crippen LogP contribution in [0.15, 0.2) is 71.3 Å². The molecule has 27 heavy (non-hydrogen) atoms. The van der Waals surface area contributed by atoms with Gasteiger partial charge in [0, 0.05) is 9.26 Å². The van der Waals surface area contributed by atoms with Gasteiger partial charge < -0.3 is 4.42 Å². The zero-order chi connectivity index (χ0) is 19.0. The molecule has 7 heteroatoms. The maximum Gasteiger partial charge on any atom is 0.295 e. The predicted octanol–water partition coefficient (Wildman–Crippen LogP) is 3.78. The Morgan fingerprint density at radius 1 is 0.926 bits per heavy atom. The number of anilines is 1. The molecule has 0 bridgehead atoms. The highest BCUT2D eigenvalue weighted by atomic mass is 127. The van der Waals surface area contributed by atoms with Crippen LogP contribution in [0.3, 0.4) is 0 Å². The van der Waals surface area contributed by atoms with Gasteiger partial charge in [-0.3, -0.25) is 24.2 Å². The smallest absolute Gasteiger partial charge is 0.295 e. The van der Waals surface area contributed by atoms with Gasteiger partial charge in [-0.15, -0.1) is 0 Å². The fourth-order valence-electron chi connectivity index (χ4n) is 2.93. The number of furan rings is 1. The number of benzene rings is 2. The molecule has 1 aliphatic heterocycles. The van der Waals surface area contributed by atoms with Crippen LogP contribution in [0.5, 0.6) is 0 Å². The topological polar surface area (TPSA) is 70.8 Å². The Bertz CT molecular complexity index is 993. The predicted molar refractivity (Wildman–Crippen MR) is 106 cm³/mol. The van der Waals surface area contributed by atoms with E-state index < -0.39 is 17.7 Å². The molecule has 0 aliphatic carbocycles. The van der Waals surface area contributed by atoms with Crippen LogP contribution in [0.2, 0.25) is 0 Å². The lowest BCUT2D eigenvalue weighted by Crippen LogP contribution is -2.44. The monoisotopic (exact) mass is 472 g/mol. The Hall–Kier alpha value is -2.94. The molecule has 1 aromatic heterocycles. The van der Waals surface area contributed by atoms with Gasteiger partial charge in [0.15, 0.2) is 5.76 Å². The first kappa shape index (κ1) is 17.5. The zero-order valence-corrected chi connectivity index (χ0v) is 16.1. The third-order valence-electron chi connectivity index (χ3n) is 4.28. The van der Waals surface area contributed by atoms with Gasteiger partial charge in [0.25, 0.3) is 17.7 Å². The van der Waals surface area contributed by atoms with Crippen LogP contribution < -0.4 is 4.90 Å². The third-order valence-corrected chi connectivity index (χ3v) is 5.00. The molecule has 0 N–H and O–H groups in total. The number of nitrogens with zero attached hydrogens (tertiary/aromatic N) is 2. The van der Waals surface area contributed by atoms with Crippen molar-refractivity contribution in [3.8, 4) is 0 Å². The quantitative estimate of drug-likeness (QED) is 0.428. The molecule has 0 unspecified atom stereocenters. The second kappa shape index (κ2) is 6.99. The van der Waals surface area contributed by atoms with Gasteiger partial charge in [0.1, 0.15) is 6.67 Å². The molecule has 2 aromatic carbocycles. The van der Waals surface area contributed by atoms with Crippen molar-refractivity contribution in [1.82, 2.24) is 4.90 Å². The second-order valence-electron chi connectivity index (χ2n) is 5.91. The summed E-state index contributed by atoms with van der Waals surface area (Å²) in [6, 6.07) is 17.0. The van der Waals surface area contributed by atoms with Crippen LogP contribution in [0, 0.1) is 3.57 Å². The summed E-state index contributed by atoms with van der Waals surface area (Å²) < 4.78 is 6.22. The number of carbonyl (C=O) groups excluding carboxylic acids is 3. The van der Waals surface area contributed by atoms with Crippen LogP contribution in [0.4, 0.5) is 5.69 Å². The minimum absolute atomic E-state index is 0.130. The molecule has 0 saturated heterocycles. The third kappa shape index (κ3) is 3.14. The maximum absolute atomic E-state index is 12.9. The van der Waals surface area contributed by atoms with Crippen molar-refractivity contribution >= 4 is 46.0 Å². The lowest BCUT2D eigenvalue weighted by molar-refractivity contribution is 0.0649. The minimum Gasteiger partial charge on any atom is -0.459 e. The number of hydrogen-bond acceptors (Lipinski definition) is 4. The first-order chi connectivity index (χ1) is 13.1. The summed E-state index contributed by atoms with van der Waals surface area (Å²) in [7, 11) is 0. The van der Waals surface area contributed by atoms with Crippen molar-refractivity contribution in [2.75, 3.05) is 11.6 Å². The van der Waals surface area contributed by atoms with E-state index in [0.717, 1.165) is 8.47 Å². The summed E-state index contributed by atoms with van der Waals surface area (Å²) >= 11 is 2.16. The minimum atomic E-state index is -0.433.